The highest BCUT2D eigenvalue weighted by atomic mass is 79.9. The lowest BCUT2D eigenvalue weighted by Crippen LogP contribution is -2.38. The molecule has 0 aliphatic carbocycles. The van der Waals surface area contributed by atoms with Gasteiger partial charge in [0, 0.05) is 28.8 Å². The lowest BCUT2D eigenvalue weighted by Gasteiger charge is -2.26. The predicted molar refractivity (Wildman–Crippen MR) is 114 cm³/mol. The maximum atomic E-state index is 12.8. The van der Waals surface area contributed by atoms with Crippen LogP contribution in [0.25, 0.3) is 11.4 Å². The second-order valence-corrected chi connectivity index (χ2v) is 8.21. The number of hydrogen-bond donors (Lipinski definition) is 0. The minimum atomic E-state index is 0.0504. The van der Waals surface area contributed by atoms with Crippen LogP contribution in [0.1, 0.15) is 13.8 Å². The van der Waals surface area contributed by atoms with Crippen LogP contribution < -0.4 is 4.90 Å². The van der Waals surface area contributed by atoms with Crippen LogP contribution >= 0.6 is 27.7 Å². The van der Waals surface area contributed by atoms with Gasteiger partial charge in [0.15, 0.2) is 11.0 Å². The van der Waals surface area contributed by atoms with Crippen molar-refractivity contribution in [3.05, 3.63) is 59.1 Å². The lowest BCUT2D eigenvalue weighted by atomic mass is 10.2. The number of carbonyl (C=O) groups is 1. The molecule has 0 bridgehead atoms. The van der Waals surface area contributed by atoms with E-state index in [4.69, 9.17) is 0 Å². The van der Waals surface area contributed by atoms with Gasteiger partial charge in [-0.25, -0.2) is 0 Å². The number of rotatable bonds is 6. The second-order valence-electron chi connectivity index (χ2n) is 6.35. The van der Waals surface area contributed by atoms with E-state index in [-0.39, 0.29) is 11.9 Å². The zero-order valence-corrected chi connectivity index (χ0v) is 17.9. The summed E-state index contributed by atoms with van der Waals surface area (Å²) in [5.74, 6) is 1.13. The topological polar surface area (TPSA) is 51.0 Å². The van der Waals surface area contributed by atoms with E-state index >= 15 is 0 Å². The molecule has 7 heteroatoms. The van der Waals surface area contributed by atoms with Gasteiger partial charge in [-0.15, -0.1) is 10.2 Å². The molecule has 0 spiro atoms. The monoisotopic (exact) mass is 444 g/mol. The zero-order valence-electron chi connectivity index (χ0n) is 15.5. The van der Waals surface area contributed by atoms with Crippen LogP contribution in [0.15, 0.2) is 64.2 Å². The van der Waals surface area contributed by atoms with Gasteiger partial charge < -0.3 is 9.47 Å². The summed E-state index contributed by atoms with van der Waals surface area (Å²) in [5.41, 5.74) is 1.89. The average Bonchev–Trinajstić information content (AvgIpc) is 3.02. The summed E-state index contributed by atoms with van der Waals surface area (Å²) in [6, 6.07) is 17.8. The van der Waals surface area contributed by atoms with Gasteiger partial charge in [0.2, 0.25) is 5.91 Å². The Labute approximate surface area is 171 Å². The number of nitrogens with zero attached hydrogens (tertiary/aromatic N) is 4. The number of halogens is 1. The van der Waals surface area contributed by atoms with Crippen molar-refractivity contribution in [2.45, 2.75) is 25.0 Å². The molecule has 1 heterocycles. The second kappa shape index (κ2) is 8.71. The zero-order chi connectivity index (χ0) is 19.4. The van der Waals surface area contributed by atoms with Crippen LogP contribution in [0.2, 0.25) is 0 Å². The van der Waals surface area contributed by atoms with Gasteiger partial charge >= 0.3 is 0 Å². The molecule has 0 atom stereocenters. The van der Waals surface area contributed by atoms with Crippen LogP contribution in [-0.2, 0) is 11.8 Å². The first kappa shape index (κ1) is 19.6. The number of amides is 1. The number of hydrogen-bond acceptors (Lipinski definition) is 4. The Morgan fingerprint density at radius 3 is 2.41 bits per heavy atom. The molecule has 3 aromatic rings. The lowest BCUT2D eigenvalue weighted by molar-refractivity contribution is -0.116. The van der Waals surface area contributed by atoms with E-state index in [0.717, 1.165) is 26.7 Å². The molecule has 0 unspecified atom stereocenters. The van der Waals surface area contributed by atoms with Crippen LogP contribution in [0.5, 0.6) is 0 Å². The largest absolute Gasteiger partial charge is 0.309 e. The Morgan fingerprint density at radius 2 is 1.78 bits per heavy atom. The Bertz CT molecular complexity index is 909. The van der Waals surface area contributed by atoms with E-state index < -0.39 is 0 Å². The van der Waals surface area contributed by atoms with Crippen molar-refractivity contribution in [2.24, 2.45) is 7.05 Å². The van der Waals surface area contributed by atoms with Gasteiger partial charge in [0.1, 0.15) is 0 Å². The molecule has 0 aliphatic heterocycles. The molecular weight excluding hydrogens is 424 g/mol. The molecule has 0 saturated carbocycles. The van der Waals surface area contributed by atoms with Crippen molar-refractivity contribution in [3.63, 3.8) is 0 Å². The third-order valence-corrected chi connectivity index (χ3v) is 5.62. The molecule has 2 aromatic carbocycles. The first-order valence-corrected chi connectivity index (χ1v) is 10.4. The number of thioether (sulfide) groups is 1. The summed E-state index contributed by atoms with van der Waals surface area (Å²) in [5, 5.41) is 9.26. The quantitative estimate of drug-likeness (QED) is 0.513. The van der Waals surface area contributed by atoms with Crippen molar-refractivity contribution < 1.29 is 4.79 Å². The Kier molecular flexibility index (Phi) is 6.34. The van der Waals surface area contributed by atoms with Crippen LogP contribution in [0.4, 0.5) is 5.69 Å². The van der Waals surface area contributed by atoms with E-state index in [9.17, 15) is 4.79 Å². The molecule has 0 radical (unpaired) electrons. The number of para-hydroxylation sites is 1. The van der Waals surface area contributed by atoms with Gasteiger partial charge in [-0.3, -0.25) is 4.79 Å². The summed E-state index contributed by atoms with van der Waals surface area (Å²) in [4.78, 5) is 14.6. The van der Waals surface area contributed by atoms with E-state index in [2.05, 4.69) is 26.1 Å². The molecule has 0 fully saturated rings. The Morgan fingerprint density at radius 1 is 1.11 bits per heavy atom. The maximum absolute atomic E-state index is 12.8. The summed E-state index contributed by atoms with van der Waals surface area (Å²) in [7, 11) is 1.92. The first-order valence-electron chi connectivity index (χ1n) is 8.62. The smallest absolute Gasteiger partial charge is 0.237 e. The predicted octanol–water partition coefficient (Wildman–Crippen LogP) is 4.78. The molecule has 1 aromatic heterocycles. The first-order chi connectivity index (χ1) is 13.0. The van der Waals surface area contributed by atoms with Gasteiger partial charge in [0.25, 0.3) is 0 Å². The fraction of sp³-hybridized carbons (Fsp3) is 0.250. The molecule has 0 aliphatic rings. The van der Waals surface area contributed by atoms with E-state index in [1.807, 2.05) is 85.0 Å². The molecule has 1 amide bonds. The average molecular weight is 445 g/mol. The van der Waals surface area contributed by atoms with Gasteiger partial charge in [-0.05, 0) is 38.1 Å². The molecule has 3 rings (SSSR count). The normalized spacial score (nSPS) is 11.0. The molecule has 27 heavy (non-hydrogen) atoms. The molecular formula is C20H21BrN4OS. The Balaban J connectivity index is 1.73. The Hall–Kier alpha value is -2.12. The standard InChI is InChI=1S/C20H21BrN4OS/c1-14(2)25(17-7-5-4-6-8-17)18(26)13-27-20-23-22-19(24(20)3)15-9-11-16(21)12-10-15/h4-12,14H,13H2,1-3H3. The van der Waals surface area contributed by atoms with E-state index in [1.54, 1.807) is 0 Å². The summed E-state index contributed by atoms with van der Waals surface area (Å²) in [6.07, 6.45) is 0. The number of carbonyl (C=O) groups excluding carboxylic acids is 1. The number of anilines is 1. The van der Waals surface area contributed by atoms with Crippen LogP contribution in [0.3, 0.4) is 0 Å². The minimum Gasteiger partial charge on any atom is -0.309 e. The van der Waals surface area contributed by atoms with Crippen molar-refractivity contribution >= 4 is 39.3 Å². The SMILES string of the molecule is CC(C)N(C(=O)CSc1nnc(-c2ccc(Br)cc2)n1C)c1ccccc1. The number of benzene rings is 2. The van der Waals surface area contributed by atoms with E-state index in [0.29, 0.717) is 5.75 Å². The molecule has 5 nitrogen and oxygen atoms in total. The van der Waals surface area contributed by atoms with Crippen molar-refractivity contribution in [2.75, 3.05) is 10.7 Å². The van der Waals surface area contributed by atoms with Crippen LogP contribution in [-0.4, -0.2) is 32.5 Å². The molecule has 0 saturated heterocycles. The van der Waals surface area contributed by atoms with Gasteiger partial charge in [-0.1, -0.05) is 58.0 Å². The van der Waals surface area contributed by atoms with Crippen molar-refractivity contribution in [1.29, 1.82) is 0 Å². The van der Waals surface area contributed by atoms with Crippen molar-refractivity contribution in [3.8, 4) is 11.4 Å². The summed E-state index contributed by atoms with van der Waals surface area (Å²) in [6.45, 7) is 4.03. The number of aromatic nitrogens is 3. The minimum absolute atomic E-state index is 0.0504. The van der Waals surface area contributed by atoms with Crippen molar-refractivity contribution in [1.82, 2.24) is 14.8 Å². The highest BCUT2D eigenvalue weighted by molar-refractivity contribution is 9.10. The third kappa shape index (κ3) is 4.59. The highest BCUT2D eigenvalue weighted by Gasteiger charge is 2.20. The summed E-state index contributed by atoms with van der Waals surface area (Å²) < 4.78 is 2.94. The summed E-state index contributed by atoms with van der Waals surface area (Å²) >= 11 is 4.84. The van der Waals surface area contributed by atoms with Gasteiger partial charge in [0.05, 0.1) is 5.75 Å². The van der Waals surface area contributed by atoms with E-state index in [1.165, 1.54) is 11.8 Å². The third-order valence-electron chi connectivity index (χ3n) is 4.08. The molecule has 0 N–H and O–H groups in total. The molecule has 140 valence electrons. The van der Waals surface area contributed by atoms with Crippen LogP contribution in [0, 0.1) is 0 Å². The maximum Gasteiger partial charge on any atom is 0.237 e. The fourth-order valence-corrected chi connectivity index (χ4v) is 3.84. The highest BCUT2D eigenvalue weighted by Crippen LogP contribution is 2.25. The van der Waals surface area contributed by atoms with Gasteiger partial charge in [-0.2, -0.15) is 0 Å². The fourth-order valence-electron chi connectivity index (χ4n) is 2.81.